The quantitative estimate of drug-likeness (QED) is 0.466. The number of piperidine rings is 1. The average Bonchev–Trinajstić information content (AvgIpc) is 3.14. The van der Waals surface area contributed by atoms with Crippen LogP contribution in [0.5, 0.6) is 11.5 Å². The second kappa shape index (κ2) is 10.5. The number of hydrogen-bond donors (Lipinski definition) is 0. The van der Waals surface area contributed by atoms with Crippen LogP contribution >= 0.6 is 11.3 Å². The number of benzene rings is 1. The van der Waals surface area contributed by atoms with E-state index in [9.17, 15) is 0 Å². The molecule has 0 radical (unpaired) electrons. The van der Waals surface area contributed by atoms with Gasteiger partial charge in [-0.2, -0.15) is 0 Å². The van der Waals surface area contributed by atoms with Crippen LogP contribution in [0.1, 0.15) is 34.7 Å². The largest absolute Gasteiger partial charge is 0.489 e. The summed E-state index contributed by atoms with van der Waals surface area (Å²) in [6, 6.07) is 15.1. The summed E-state index contributed by atoms with van der Waals surface area (Å²) in [5.41, 5.74) is 4.57. The van der Waals surface area contributed by atoms with Crippen LogP contribution in [0.25, 0.3) is 10.4 Å². The van der Waals surface area contributed by atoms with E-state index in [1.165, 1.54) is 40.3 Å². The Morgan fingerprint density at radius 3 is 2.85 bits per heavy atom. The van der Waals surface area contributed by atoms with Gasteiger partial charge in [0.2, 0.25) is 0 Å². The Morgan fingerprint density at radius 2 is 2.06 bits per heavy atom. The molecule has 0 amide bonds. The fraction of sp³-hybridized carbons (Fsp3) is 0.464. The predicted molar refractivity (Wildman–Crippen MR) is 139 cm³/mol. The molecule has 1 fully saturated rings. The molecule has 2 aliphatic heterocycles. The Labute approximate surface area is 207 Å². The first kappa shape index (κ1) is 23.3. The zero-order valence-corrected chi connectivity index (χ0v) is 21.4. The Hall–Kier alpha value is -2.41. The standard InChI is InChI=1S/C28H35N3O2S/c1-20-6-4-8-25(29-20)18-31-12-13-32-28-24(17-31)14-23(27-10-9-21(2)34-27)15-26(28)33-19-22-7-5-11-30(3)16-22/h4,6,8-10,14-15,22H,5,7,11-13,16-19H2,1-3H3. The summed E-state index contributed by atoms with van der Waals surface area (Å²) in [4.78, 5) is 12.2. The number of ether oxygens (including phenoxy) is 2. The van der Waals surface area contributed by atoms with Crippen LogP contribution in [0.2, 0.25) is 0 Å². The Morgan fingerprint density at radius 1 is 1.15 bits per heavy atom. The Kier molecular flexibility index (Phi) is 7.18. The van der Waals surface area contributed by atoms with Crippen molar-refractivity contribution >= 4 is 11.3 Å². The summed E-state index contributed by atoms with van der Waals surface area (Å²) in [7, 11) is 2.21. The molecule has 34 heavy (non-hydrogen) atoms. The number of thiophene rings is 1. The molecule has 5 rings (SSSR count). The van der Waals surface area contributed by atoms with Gasteiger partial charge >= 0.3 is 0 Å². The maximum Gasteiger partial charge on any atom is 0.165 e. The lowest BCUT2D eigenvalue weighted by Gasteiger charge is -2.29. The van der Waals surface area contributed by atoms with Crippen LogP contribution in [-0.4, -0.2) is 54.7 Å². The third-order valence-electron chi connectivity index (χ3n) is 6.73. The number of pyridine rings is 1. The Balaban J connectivity index is 1.42. The zero-order valence-electron chi connectivity index (χ0n) is 20.5. The second-order valence-corrected chi connectivity index (χ2v) is 11.1. The van der Waals surface area contributed by atoms with Crippen molar-refractivity contribution in [1.82, 2.24) is 14.8 Å². The highest BCUT2D eigenvalue weighted by Crippen LogP contribution is 2.40. The lowest BCUT2D eigenvalue weighted by molar-refractivity contribution is 0.146. The van der Waals surface area contributed by atoms with E-state index >= 15 is 0 Å². The molecule has 2 aliphatic rings. The number of fused-ring (bicyclic) bond motifs is 1. The van der Waals surface area contributed by atoms with E-state index < -0.39 is 0 Å². The van der Waals surface area contributed by atoms with Crippen LogP contribution < -0.4 is 9.47 Å². The third kappa shape index (κ3) is 5.62. The van der Waals surface area contributed by atoms with E-state index in [4.69, 9.17) is 14.5 Å². The number of aromatic nitrogens is 1. The van der Waals surface area contributed by atoms with E-state index in [2.05, 4.69) is 60.2 Å². The molecule has 0 saturated carbocycles. The third-order valence-corrected chi connectivity index (χ3v) is 7.78. The molecular weight excluding hydrogens is 442 g/mol. The predicted octanol–water partition coefficient (Wildman–Crippen LogP) is 5.54. The highest BCUT2D eigenvalue weighted by molar-refractivity contribution is 7.15. The summed E-state index contributed by atoms with van der Waals surface area (Å²) >= 11 is 1.83. The molecule has 0 spiro atoms. The van der Waals surface area contributed by atoms with E-state index in [0.29, 0.717) is 12.5 Å². The highest BCUT2D eigenvalue weighted by Gasteiger charge is 2.24. The van der Waals surface area contributed by atoms with Crippen molar-refractivity contribution in [3.8, 4) is 21.9 Å². The van der Waals surface area contributed by atoms with Gasteiger partial charge < -0.3 is 14.4 Å². The van der Waals surface area contributed by atoms with Crippen molar-refractivity contribution < 1.29 is 9.47 Å². The minimum atomic E-state index is 0.566. The van der Waals surface area contributed by atoms with Crippen molar-refractivity contribution in [2.45, 2.75) is 39.8 Å². The number of hydrogen-bond acceptors (Lipinski definition) is 6. The summed E-state index contributed by atoms with van der Waals surface area (Å²) in [5, 5.41) is 0. The van der Waals surface area contributed by atoms with Gasteiger partial charge in [-0.05, 0) is 82.2 Å². The van der Waals surface area contributed by atoms with Crippen LogP contribution in [0.3, 0.4) is 0 Å². The molecule has 1 saturated heterocycles. The maximum atomic E-state index is 6.51. The molecule has 0 bridgehead atoms. The summed E-state index contributed by atoms with van der Waals surface area (Å²) in [6.45, 7) is 10.4. The summed E-state index contributed by atoms with van der Waals surface area (Å²) in [5.74, 6) is 2.37. The van der Waals surface area contributed by atoms with Gasteiger partial charge in [0, 0.05) is 53.1 Å². The van der Waals surface area contributed by atoms with E-state index in [1.807, 2.05) is 24.3 Å². The molecule has 1 aromatic carbocycles. The monoisotopic (exact) mass is 477 g/mol. The first-order valence-electron chi connectivity index (χ1n) is 12.4. The van der Waals surface area contributed by atoms with E-state index in [0.717, 1.165) is 55.7 Å². The average molecular weight is 478 g/mol. The lowest BCUT2D eigenvalue weighted by Crippen LogP contribution is -2.34. The van der Waals surface area contributed by atoms with Gasteiger partial charge in [0.05, 0.1) is 12.3 Å². The normalized spacial score (nSPS) is 19.3. The molecule has 3 aromatic rings. The minimum absolute atomic E-state index is 0.566. The van der Waals surface area contributed by atoms with Crippen LogP contribution in [-0.2, 0) is 13.1 Å². The smallest absolute Gasteiger partial charge is 0.165 e. The van der Waals surface area contributed by atoms with E-state index in [-0.39, 0.29) is 0 Å². The minimum Gasteiger partial charge on any atom is -0.489 e. The zero-order chi connectivity index (χ0) is 23.5. The molecular formula is C28H35N3O2S. The summed E-state index contributed by atoms with van der Waals surface area (Å²) in [6.07, 6.45) is 2.48. The van der Waals surface area contributed by atoms with Crippen molar-refractivity contribution in [3.63, 3.8) is 0 Å². The summed E-state index contributed by atoms with van der Waals surface area (Å²) < 4.78 is 12.8. The van der Waals surface area contributed by atoms with E-state index in [1.54, 1.807) is 0 Å². The number of likely N-dealkylation sites (tertiary alicyclic amines) is 1. The van der Waals surface area contributed by atoms with Gasteiger partial charge in [-0.25, -0.2) is 0 Å². The molecule has 180 valence electrons. The van der Waals surface area contributed by atoms with Crippen LogP contribution in [0.15, 0.2) is 42.5 Å². The molecule has 0 aliphatic carbocycles. The highest BCUT2D eigenvalue weighted by atomic mass is 32.1. The van der Waals surface area contributed by atoms with Gasteiger partial charge in [0.15, 0.2) is 11.5 Å². The number of rotatable bonds is 6. The van der Waals surface area contributed by atoms with Crippen molar-refractivity contribution in [1.29, 1.82) is 0 Å². The topological polar surface area (TPSA) is 37.8 Å². The fourth-order valence-corrected chi connectivity index (χ4v) is 5.90. The fourth-order valence-electron chi connectivity index (χ4n) is 5.05. The molecule has 0 N–H and O–H groups in total. The van der Waals surface area contributed by atoms with Gasteiger partial charge in [-0.1, -0.05) is 6.07 Å². The van der Waals surface area contributed by atoms with Gasteiger partial charge in [-0.3, -0.25) is 9.88 Å². The van der Waals surface area contributed by atoms with Gasteiger partial charge in [-0.15, -0.1) is 11.3 Å². The second-order valence-electron chi connectivity index (χ2n) is 9.78. The number of aryl methyl sites for hydroxylation is 2. The molecule has 5 nitrogen and oxygen atoms in total. The molecule has 2 aromatic heterocycles. The maximum absolute atomic E-state index is 6.51. The Bertz CT molecular complexity index is 1130. The van der Waals surface area contributed by atoms with Crippen molar-refractivity contribution in [2.75, 3.05) is 39.9 Å². The first-order chi connectivity index (χ1) is 16.5. The molecule has 6 heteroatoms. The van der Waals surface area contributed by atoms with Crippen molar-refractivity contribution in [3.05, 3.63) is 64.3 Å². The van der Waals surface area contributed by atoms with Gasteiger partial charge in [0.1, 0.15) is 6.61 Å². The molecule has 1 atom stereocenters. The number of nitrogens with zero attached hydrogens (tertiary/aromatic N) is 3. The molecule has 1 unspecified atom stereocenters. The van der Waals surface area contributed by atoms with Crippen molar-refractivity contribution in [2.24, 2.45) is 5.92 Å². The molecule has 4 heterocycles. The van der Waals surface area contributed by atoms with Gasteiger partial charge in [0.25, 0.3) is 0 Å². The van der Waals surface area contributed by atoms with Crippen LogP contribution in [0.4, 0.5) is 0 Å². The first-order valence-corrected chi connectivity index (χ1v) is 13.2. The van der Waals surface area contributed by atoms with Crippen LogP contribution in [0, 0.1) is 19.8 Å². The SMILES string of the molecule is Cc1cccc(CN2CCOc3c(cc(-c4ccc(C)s4)cc3OCC3CCCN(C)C3)C2)n1. The lowest BCUT2D eigenvalue weighted by atomic mass is 9.99.